The van der Waals surface area contributed by atoms with Crippen LogP contribution in [0.15, 0.2) is 30.3 Å². The maximum Gasteiger partial charge on any atom is 0.240 e. The van der Waals surface area contributed by atoms with E-state index >= 15 is 0 Å². The van der Waals surface area contributed by atoms with Crippen molar-refractivity contribution < 1.29 is 4.79 Å². The van der Waals surface area contributed by atoms with Gasteiger partial charge in [-0.3, -0.25) is 4.79 Å². The number of nitrogens with one attached hydrogen (secondary N) is 1. The fourth-order valence-corrected chi connectivity index (χ4v) is 1.26. The number of nitriles is 1. The van der Waals surface area contributed by atoms with Crippen molar-refractivity contribution in [2.45, 2.75) is 26.8 Å². The van der Waals surface area contributed by atoms with Gasteiger partial charge in [-0.15, -0.1) is 0 Å². The fourth-order valence-electron chi connectivity index (χ4n) is 1.26. The Morgan fingerprint density at radius 2 is 2.06 bits per heavy atom. The normalized spacial score (nSPS) is 13.6. The molecule has 3 nitrogen and oxygen atoms in total. The third-order valence-electron chi connectivity index (χ3n) is 2.75. The van der Waals surface area contributed by atoms with Crippen LogP contribution in [0.2, 0.25) is 0 Å². The van der Waals surface area contributed by atoms with E-state index in [0.29, 0.717) is 13.0 Å². The Bertz CT molecular complexity index is 394. The number of rotatable bonds is 4. The Hall–Kier alpha value is -1.82. The first kappa shape index (κ1) is 12.3. The van der Waals surface area contributed by atoms with Crippen molar-refractivity contribution in [3.63, 3.8) is 0 Å². The minimum atomic E-state index is -0.922. The molecular formula is C13H16N2O. The molecule has 0 saturated carbocycles. The molecule has 1 atom stereocenters. The van der Waals surface area contributed by atoms with Gasteiger partial charge in [-0.1, -0.05) is 37.3 Å². The van der Waals surface area contributed by atoms with Gasteiger partial charge in [0, 0.05) is 6.54 Å². The van der Waals surface area contributed by atoms with E-state index in [1.54, 1.807) is 6.92 Å². The molecule has 3 heteroatoms. The van der Waals surface area contributed by atoms with Crippen molar-refractivity contribution in [2.24, 2.45) is 5.41 Å². The lowest BCUT2D eigenvalue weighted by atomic mass is 9.88. The summed E-state index contributed by atoms with van der Waals surface area (Å²) in [6.07, 6.45) is 0.518. The van der Waals surface area contributed by atoms with Crippen LogP contribution in [-0.4, -0.2) is 5.91 Å². The van der Waals surface area contributed by atoms with Gasteiger partial charge in [0.25, 0.3) is 0 Å². The fraction of sp³-hybridized carbons (Fsp3) is 0.385. The lowest BCUT2D eigenvalue weighted by Gasteiger charge is -2.18. The molecule has 84 valence electrons. The van der Waals surface area contributed by atoms with Crippen LogP contribution < -0.4 is 5.32 Å². The van der Waals surface area contributed by atoms with Gasteiger partial charge in [0.2, 0.25) is 5.91 Å². The smallest absolute Gasteiger partial charge is 0.240 e. The number of nitrogens with zero attached hydrogens (tertiary/aromatic N) is 1. The van der Waals surface area contributed by atoms with E-state index in [9.17, 15) is 4.79 Å². The van der Waals surface area contributed by atoms with Crippen LogP contribution >= 0.6 is 0 Å². The van der Waals surface area contributed by atoms with Gasteiger partial charge >= 0.3 is 0 Å². The van der Waals surface area contributed by atoms with E-state index in [4.69, 9.17) is 5.26 Å². The van der Waals surface area contributed by atoms with E-state index in [2.05, 4.69) is 11.4 Å². The van der Waals surface area contributed by atoms with Crippen molar-refractivity contribution >= 4 is 5.91 Å². The molecule has 1 aromatic rings. The summed E-state index contributed by atoms with van der Waals surface area (Å²) >= 11 is 0. The molecule has 1 unspecified atom stereocenters. The van der Waals surface area contributed by atoms with Crippen LogP contribution in [-0.2, 0) is 11.3 Å². The highest BCUT2D eigenvalue weighted by molar-refractivity contribution is 5.84. The average molecular weight is 216 g/mol. The van der Waals surface area contributed by atoms with Crippen molar-refractivity contribution in [3.8, 4) is 6.07 Å². The molecule has 0 aliphatic rings. The first-order valence-electron chi connectivity index (χ1n) is 5.36. The van der Waals surface area contributed by atoms with Crippen LogP contribution in [0.25, 0.3) is 0 Å². The van der Waals surface area contributed by atoms with Gasteiger partial charge in [0.05, 0.1) is 6.07 Å². The summed E-state index contributed by atoms with van der Waals surface area (Å²) in [5, 5.41) is 11.7. The maximum absolute atomic E-state index is 11.8. The van der Waals surface area contributed by atoms with Gasteiger partial charge in [-0.05, 0) is 18.9 Å². The SMILES string of the molecule is CCC(C)(C#N)C(=O)NCc1ccccc1. The molecule has 0 heterocycles. The van der Waals surface area contributed by atoms with Crippen LogP contribution in [0.5, 0.6) is 0 Å². The maximum atomic E-state index is 11.8. The van der Waals surface area contributed by atoms with E-state index in [1.807, 2.05) is 37.3 Å². The second-order valence-corrected chi connectivity index (χ2v) is 3.97. The Labute approximate surface area is 96.1 Å². The van der Waals surface area contributed by atoms with Crippen LogP contribution in [0.3, 0.4) is 0 Å². The third kappa shape index (κ3) is 2.83. The van der Waals surface area contributed by atoms with Crippen molar-refractivity contribution in [1.29, 1.82) is 5.26 Å². The van der Waals surface area contributed by atoms with E-state index in [0.717, 1.165) is 5.56 Å². The lowest BCUT2D eigenvalue weighted by molar-refractivity contribution is -0.127. The molecule has 0 saturated heterocycles. The highest BCUT2D eigenvalue weighted by atomic mass is 16.2. The second-order valence-electron chi connectivity index (χ2n) is 3.97. The molecule has 0 aliphatic carbocycles. The summed E-state index contributed by atoms with van der Waals surface area (Å²) in [6, 6.07) is 11.7. The number of hydrogen-bond donors (Lipinski definition) is 1. The molecule has 1 amide bonds. The predicted molar refractivity (Wildman–Crippen MR) is 62.3 cm³/mol. The molecule has 0 bridgehead atoms. The number of carbonyl (C=O) groups excluding carboxylic acids is 1. The first-order chi connectivity index (χ1) is 7.62. The van der Waals surface area contributed by atoms with Gasteiger partial charge < -0.3 is 5.32 Å². The van der Waals surface area contributed by atoms with Gasteiger partial charge in [0.15, 0.2) is 0 Å². The summed E-state index contributed by atoms with van der Waals surface area (Å²) in [6.45, 7) is 3.97. The van der Waals surface area contributed by atoms with Gasteiger partial charge in [-0.2, -0.15) is 5.26 Å². The number of benzene rings is 1. The predicted octanol–water partition coefficient (Wildman–Crippen LogP) is 2.24. The quantitative estimate of drug-likeness (QED) is 0.839. The summed E-state index contributed by atoms with van der Waals surface area (Å²) in [5.41, 5.74) is 0.113. The minimum absolute atomic E-state index is 0.207. The standard InChI is InChI=1S/C13H16N2O/c1-3-13(2,10-14)12(16)15-9-11-7-5-4-6-8-11/h4-8H,3,9H2,1-2H3,(H,15,16). The molecule has 1 aromatic carbocycles. The Kier molecular flexibility index (Phi) is 4.07. The largest absolute Gasteiger partial charge is 0.351 e. The first-order valence-corrected chi connectivity index (χ1v) is 5.36. The summed E-state index contributed by atoms with van der Waals surface area (Å²) < 4.78 is 0. The zero-order chi connectivity index (χ0) is 12.0. The molecule has 0 spiro atoms. The lowest BCUT2D eigenvalue weighted by Crippen LogP contribution is -2.37. The Morgan fingerprint density at radius 1 is 1.44 bits per heavy atom. The topological polar surface area (TPSA) is 52.9 Å². The van der Waals surface area contributed by atoms with Crippen LogP contribution in [0, 0.1) is 16.7 Å². The summed E-state index contributed by atoms with van der Waals surface area (Å²) in [4.78, 5) is 11.8. The van der Waals surface area contributed by atoms with Crippen LogP contribution in [0.4, 0.5) is 0 Å². The molecular weight excluding hydrogens is 200 g/mol. The molecule has 1 rings (SSSR count). The zero-order valence-electron chi connectivity index (χ0n) is 9.66. The summed E-state index contributed by atoms with van der Waals surface area (Å²) in [5.74, 6) is -0.207. The van der Waals surface area contributed by atoms with Crippen molar-refractivity contribution in [1.82, 2.24) is 5.32 Å². The van der Waals surface area contributed by atoms with E-state index < -0.39 is 5.41 Å². The molecule has 0 aliphatic heterocycles. The molecule has 16 heavy (non-hydrogen) atoms. The number of carbonyl (C=O) groups is 1. The minimum Gasteiger partial charge on any atom is -0.351 e. The van der Waals surface area contributed by atoms with Crippen LogP contribution in [0.1, 0.15) is 25.8 Å². The zero-order valence-corrected chi connectivity index (χ0v) is 9.66. The third-order valence-corrected chi connectivity index (χ3v) is 2.75. The van der Waals surface area contributed by atoms with E-state index in [1.165, 1.54) is 0 Å². The second kappa shape index (κ2) is 5.32. The van der Waals surface area contributed by atoms with Gasteiger partial charge in [-0.25, -0.2) is 0 Å². The molecule has 0 radical (unpaired) electrons. The van der Waals surface area contributed by atoms with Crippen molar-refractivity contribution in [2.75, 3.05) is 0 Å². The van der Waals surface area contributed by atoms with Crippen molar-refractivity contribution in [3.05, 3.63) is 35.9 Å². The Morgan fingerprint density at radius 3 is 2.56 bits per heavy atom. The molecule has 0 aromatic heterocycles. The average Bonchev–Trinajstić information content (AvgIpc) is 2.36. The molecule has 1 N–H and O–H groups in total. The molecule has 0 fully saturated rings. The highest BCUT2D eigenvalue weighted by Crippen LogP contribution is 2.19. The Balaban J connectivity index is 2.57. The van der Waals surface area contributed by atoms with E-state index in [-0.39, 0.29) is 5.91 Å². The number of hydrogen-bond acceptors (Lipinski definition) is 2. The summed E-state index contributed by atoms with van der Waals surface area (Å²) in [7, 11) is 0. The highest BCUT2D eigenvalue weighted by Gasteiger charge is 2.30. The van der Waals surface area contributed by atoms with Gasteiger partial charge in [0.1, 0.15) is 5.41 Å². The number of amides is 1. The monoisotopic (exact) mass is 216 g/mol.